The van der Waals surface area contributed by atoms with Crippen molar-refractivity contribution < 1.29 is 4.39 Å². The molecule has 0 spiro atoms. The van der Waals surface area contributed by atoms with Crippen molar-refractivity contribution in [3.63, 3.8) is 0 Å². The SMILES string of the molecule is NC(c1cc(Br)ccc1F)c1ccccc1Cl. The minimum absolute atomic E-state index is 0.333. The van der Waals surface area contributed by atoms with Gasteiger partial charge in [0.05, 0.1) is 6.04 Å². The molecule has 0 aromatic heterocycles. The Balaban J connectivity index is 2.47. The molecule has 2 aromatic rings. The second-order valence-corrected chi connectivity index (χ2v) is 4.99. The van der Waals surface area contributed by atoms with Crippen LogP contribution in [-0.2, 0) is 0 Å². The van der Waals surface area contributed by atoms with E-state index in [-0.39, 0.29) is 5.82 Å². The third-order valence-corrected chi connectivity index (χ3v) is 3.37. The van der Waals surface area contributed by atoms with Crippen LogP contribution in [0.4, 0.5) is 4.39 Å². The van der Waals surface area contributed by atoms with Crippen LogP contribution in [0.3, 0.4) is 0 Å². The van der Waals surface area contributed by atoms with Gasteiger partial charge in [-0.25, -0.2) is 4.39 Å². The van der Waals surface area contributed by atoms with E-state index in [0.29, 0.717) is 16.1 Å². The van der Waals surface area contributed by atoms with Crippen LogP contribution < -0.4 is 5.73 Å². The molecule has 0 aliphatic heterocycles. The molecular formula is C13H10BrClFN. The zero-order chi connectivity index (χ0) is 12.4. The van der Waals surface area contributed by atoms with Gasteiger partial charge in [-0.1, -0.05) is 45.7 Å². The van der Waals surface area contributed by atoms with Crippen molar-refractivity contribution in [3.05, 3.63) is 68.9 Å². The molecule has 0 aliphatic carbocycles. The van der Waals surface area contributed by atoms with Gasteiger partial charge in [0.25, 0.3) is 0 Å². The van der Waals surface area contributed by atoms with E-state index in [0.717, 1.165) is 4.47 Å². The van der Waals surface area contributed by atoms with Crippen molar-refractivity contribution in [2.75, 3.05) is 0 Å². The molecule has 0 fully saturated rings. The smallest absolute Gasteiger partial charge is 0.128 e. The highest BCUT2D eigenvalue weighted by Crippen LogP contribution is 2.29. The zero-order valence-electron chi connectivity index (χ0n) is 8.83. The van der Waals surface area contributed by atoms with Gasteiger partial charge in [0, 0.05) is 15.1 Å². The Bertz CT molecular complexity index is 545. The fraction of sp³-hybridized carbons (Fsp3) is 0.0769. The Morgan fingerprint density at radius 2 is 1.82 bits per heavy atom. The molecule has 1 atom stereocenters. The van der Waals surface area contributed by atoms with Crippen LogP contribution in [0.1, 0.15) is 17.2 Å². The lowest BCUT2D eigenvalue weighted by Gasteiger charge is -2.15. The lowest BCUT2D eigenvalue weighted by atomic mass is 9.99. The molecule has 4 heteroatoms. The summed E-state index contributed by atoms with van der Waals surface area (Å²) in [7, 11) is 0. The van der Waals surface area contributed by atoms with Crippen LogP contribution in [0.2, 0.25) is 5.02 Å². The molecule has 2 N–H and O–H groups in total. The summed E-state index contributed by atoms with van der Waals surface area (Å²) < 4.78 is 14.5. The molecule has 2 rings (SSSR count). The van der Waals surface area contributed by atoms with Crippen molar-refractivity contribution in [3.8, 4) is 0 Å². The third kappa shape index (κ3) is 2.68. The maximum absolute atomic E-state index is 13.7. The van der Waals surface area contributed by atoms with Crippen molar-refractivity contribution in [2.45, 2.75) is 6.04 Å². The van der Waals surface area contributed by atoms with Gasteiger partial charge in [0.1, 0.15) is 5.82 Å². The van der Waals surface area contributed by atoms with Gasteiger partial charge in [-0.15, -0.1) is 0 Å². The number of nitrogens with two attached hydrogens (primary N) is 1. The van der Waals surface area contributed by atoms with Crippen LogP contribution in [0.25, 0.3) is 0 Å². The van der Waals surface area contributed by atoms with E-state index >= 15 is 0 Å². The van der Waals surface area contributed by atoms with E-state index in [1.54, 1.807) is 24.3 Å². The van der Waals surface area contributed by atoms with Gasteiger partial charge in [0.15, 0.2) is 0 Å². The molecular weight excluding hydrogens is 305 g/mol. The summed E-state index contributed by atoms with van der Waals surface area (Å²) in [6.07, 6.45) is 0. The molecule has 0 aliphatic rings. The van der Waals surface area contributed by atoms with Gasteiger partial charge in [0.2, 0.25) is 0 Å². The summed E-state index contributed by atoms with van der Waals surface area (Å²) in [4.78, 5) is 0. The van der Waals surface area contributed by atoms with E-state index in [9.17, 15) is 4.39 Å². The largest absolute Gasteiger partial charge is 0.320 e. The van der Waals surface area contributed by atoms with Crippen LogP contribution in [0.15, 0.2) is 46.9 Å². The number of hydrogen-bond donors (Lipinski definition) is 1. The van der Waals surface area contributed by atoms with Crippen molar-refractivity contribution in [1.29, 1.82) is 0 Å². The predicted molar refractivity (Wildman–Crippen MR) is 71.6 cm³/mol. The molecule has 0 amide bonds. The van der Waals surface area contributed by atoms with E-state index in [2.05, 4.69) is 15.9 Å². The van der Waals surface area contributed by atoms with Crippen molar-refractivity contribution in [1.82, 2.24) is 0 Å². The van der Waals surface area contributed by atoms with E-state index in [1.165, 1.54) is 6.07 Å². The first-order valence-electron chi connectivity index (χ1n) is 5.04. The number of hydrogen-bond acceptors (Lipinski definition) is 1. The van der Waals surface area contributed by atoms with Crippen LogP contribution in [-0.4, -0.2) is 0 Å². The molecule has 0 radical (unpaired) electrons. The van der Waals surface area contributed by atoms with E-state index in [4.69, 9.17) is 17.3 Å². The summed E-state index contributed by atoms with van der Waals surface area (Å²) in [5, 5.41) is 0.541. The maximum atomic E-state index is 13.7. The molecule has 88 valence electrons. The first kappa shape index (κ1) is 12.6. The van der Waals surface area contributed by atoms with E-state index in [1.807, 2.05) is 12.1 Å². The minimum Gasteiger partial charge on any atom is -0.320 e. The highest BCUT2D eigenvalue weighted by molar-refractivity contribution is 9.10. The summed E-state index contributed by atoms with van der Waals surface area (Å²) in [5.74, 6) is -0.333. The molecule has 0 heterocycles. The fourth-order valence-electron chi connectivity index (χ4n) is 1.65. The summed E-state index contributed by atoms with van der Waals surface area (Å²) in [6, 6.07) is 11.3. The van der Waals surface area contributed by atoms with Crippen LogP contribution >= 0.6 is 27.5 Å². The first-order chi connectivity index (χ1) is 8.09. The standard InChI is InChI=1S/C13H10BrClFN/c14-8-5-6-12(16)10(7-8)13(17)9-3-1-2-4-11(9)15/h1-7,13H,17H2. The number of halogens is 3. The topological polar surface area (TPSA) is 26.0 Å². The Hall–Kier alpha value is -0.900. The summed E-state index contributed by atoms with van der Waals surface area (Å²) >= 11 is 9.35. The van der Waals surface area contributed by atoms with Crippen molar-refractivity contribution >= 4 is 27.5 Å². The highest BCUT2D eigenvalue weighted by atomic mass is 79.9. The summed E-state index contributed by atoms with van der Waals surface area (Å²) in [5.41, 5.74) is 7.18. The monoisotopic (exact) mass is 313 g/mol. The fourth-order valence-corrected chi connectivity index (χ4v) is 2.28. The normalized spacial score (nSPS) is 12.5. The Morgan fingerprint density at radius 3 is 2.53 bits per heavy atom. The predicted octanol–water partition coefficient (Wildman–Crippen LogP) is 4.29. The van der Waals surface area contributed by atoms with Gasteiger partial charge in [-0.3, -0.25) is 0 Å². The molecule has 1 unspecified atom stereocenters. The Kier molecular flexibility index (Phi) is 3.82. The van der Waals surface area contributed by atoms with Crippen LogP contribution in [0, 0.1) is 5.82 Å². The quantitative estimate of drug-likeness (QED) is 0.879. The third-order valence-electron chi connectivity index (χ3n) is 2.53. The Morgan fingerprint density at radius 1 is 1.12 bits per heavy atom. The van der Waals surface area contributed by atoms with Crippen molar-refractivity contribution in [2.24, 2.45) is 5.73 Å². The van der Waals surface area contributed by atoms with E-state index < -0.39 is 6.04 Å². The zero-order valence-corrected chi connectivity index (χ0v) is 11.2. The molecule has 17 heavy (non-hydrogen) atoms. The van der Waals surface area contributed by atoms with Gasteiger partial charge >= 0.3 is 0 Å². The molecule has 0 saturated heterocycles. The lowest BCUT2D eigenvalue weighted by Crippen LogP contribution is -2.14. The van der Waals surface area contributed by atoms with Gasteiger partial charge in [-0.2, -0.15) is 0 Å². The molecule has 0 saturated carbocycles. The average molecular weight is 315 g/mol. The molecule has 0 bridgehead atoms. The van der Waals surface area contributed by atoms with Crippen LogP contribution in [0.5, 0.6) is 0 Å². The molecule has 1 nitrogen and oxygen atoms in total. The Labute approximate surface area is 113 Å². The second-order valence-electron chi connectivity index (χ2n) is 3.67. The van der Waals surface area contributed by atoms with Gasteiger partial charge in [-0.05, 0) is 29.8 Å². The summed E-state index contributed by atoms with van der Waals surface area (Å²) in [6.45, 7) is 0. The molecule has 2 aromatic carbocycles. The van der Waals surface area contributed by atoms with Gasteiger partial charge < -0.3 is 5.73 Å². The minimum atomic E-state index is -0.568. The highest BCUT2D eigenvalue weighted by Gasteiger charge is 2.16. The lowest BCUT2D eigenvalue weighted by molar-refractivity contribution is 0.599. The average Bonchev–Trinajstić information content (AvgIpc) is 2.32. The number of rotatable bonds is 2. The first-order valence-corrected chi connectivity index (χ1v) is 6.21. The second kappa shape index (κ2) is 5.17. The number of benzene rings is 2. The maximum Gasteiger partial charge on any atom is 0.128 e.